The van der Waals surface area contributed by atoms with Gasteiger partial charge in [-0.3, -0.25) is 4.98 Å². The van der Waals surface area contributed by atoms with Crippen LogP contribution in [0.2, 0.25) is 0 Å². The van der Waals surface area contributed by atoms with Gasteiger partial charge < -0.3 is 0 Å². The molecule has 1 aromatic heterocycles. The van der Waals surface area contributed by atoms with Crippen LogP contribution in [0.1, 0.15) is 16.7 Å². The smallest absolute Gasteiger partial charge is 0.246 e. The van der Waals surface area contributed by atoms with E-state index in [0.717, 1.165) is 27.6 Å². The fraction of sp³-hybridized carbons (Fsp3) is 0.150. The van der Waals surface area contributed by atoms with Crippen LogP contribution in [-0.4, -0.2) is 17.7 Å². The molecule has 140 valence electrons. The van der Waals surface area contributed by atoms with Crippen molar-refractivity contribution in [1.29, 1.82) is 0 Å². The minimum Gasteiger partial charge on any atom is -0.264 e. The molecule has 0 fully saturated rings. The van der Waals surface area contributed by atoms with Crippen LogP contribution >= 0.6 is 0 Å². The third kappa shape index (κ3) is 4.37. The van der Waals surface area contributed by atoms with Crippen LogP contribution in [0.4, 0.5) is 8.78 Å². The van der Waals surface area contributed by atoms with Crippen molar-refractivity contribution < 1.29 is 17.2 Å². The normalized spacial score (nSPS) is 11.7. The van der Waals surface area contributed by atoms with Crippen molar-refractivity contribution in [2.75, 3.05) is 0 Å². The van der Waals surface area contributed by atoms with Gasteiger partial charge in [-0.25, -0.2) is 17.2 Å². The largest absolute Gasteiger partial charge is 0.264 e. The van der Waals surface area contributed by atoms with Crippen molar-refractivity contribution >= 4 is 10.0 Å². The Morgan fingerprint density at radius 1 is 1.00 bits per heavy atom. The number of rotatable bonds is 6. The fourth-order valence-corrected chi connectivity index (χ4v) is 4.19. The second kappa shape index (κ2) is 7.94. The number of nitrogens with zero attached hydrogens (tertiary/aromatic N) is 2. The van der Waals surface area contributed by atoms with E-state index in [4.69, 9.17) is 0 Å². The van der Waals surface area contributed by atoms with Crippen LogP contribution in [0, 0.1) is 18.6 Å². The molecule has 0 bridgehead atoms. The second-order valence-electron chi connectivity index (χ2n) is 6.14. The molecule has 0 saturated carbocycles. The van der Waals surface area contributed by atoms with Gasteiger partial charge in [0.15, 0.2) is 0 Å². The Kier molecular flexibility index (Phi) is 5.62. The van der Waals surface area contributed by atoms with E-state index in [1.807, 2.05) is 25.1 Å². The summed E-state index contributed by atoms with van der Waals surface area (Å²) in [5.41, 5.74) is 2.33. The van der Waals surface area contributed by atoms with Gasteiger partial charge in [-0.05, 0) is 47.9 Å². The number of hydrogen-bond acceptors (Lipinski definition) is 3. The maximum atomic E-state index is 14.2. The van der Waals surface area contributed by atoms with Gasteiger partial charge in [0.25, 0.3) is 0 Å². The van der Waals surface area contributed by atoms with E-state index in [2.05, 4.69) is 4.98 Å². The molecule has 3 aromatic rings. The maximum absolute atomic E-state index is 14.2. The molecule has 0 aliphatic rings. The highest BCUT2D eigenvalue weighted by Crippen LogP contribution is 2.25. The molecule has 27 heavy (non-hydrogen) atoms. The van der Waals surface area contributed by atoms with Gasteiger partial charge in [0.2, 0.25) is 10.0 Å². The molecule has 3 rings (SSSR count). The first kappa shape index (κ1) is 19.1. The molecule has 0 aliphatic carbocycles. The van der Waals surface area contributed by atoms with Gasteiger partial charge >= 0.3 is 0 Å². The molecule has 2 aromatic carbocycles. The van der Waals surface area contributed by atoms with Gasteiger partial charge in [0.05, 0.1) is 0 Å². The lowest BCUT2D eigenvalue weighted by Crippen LogP contribution is -2.31. The van der Waals surface area contributed by atoms with E-state index < -0.39 is 26.6 Å². The summed E-state index contributed by atoms with van der Waals surface area (Å²) in [5.74, 6) is -1.80. The standard InChI is InChI=1S/C20H18F2N2O2S/c1-15-5-2-3-7-17(15)14-24(13-16-6-4-10-23-12-16)27(25,26)20-11-18(21)8-9-19(20)22/h2-12H,13-14H2,1H3. The maximum Gasteiger partial charge on any atom is 0.246 e. The first-order valence-corrected chi connectivity index (χ1v) is 9.70. The Hall–Kier alpha value is -2.64. The van der Waals surface area contributed by atoms with Crippen molar-refractivity contribution in [1.82, 2.24) is 9.29 Å². The number of sulfonamides is 1. The highest BCUT2D eigenvalue weighted by Gasteiger charge is 2.28. The van der Waals surface area contributed by atoms with Crippen LogP contribution in [-0.2, 0) is 23.1 Å². The topological polar surface area (TPSA) is 50.3 Å². The number of aryl methyl sites for hydroxylation is 1. The summed E-state index contributed by atoms with van der Waals surface area (Å²) >= 11 is 0. The van der Waals surface area contributed by atoms with Gasteiger partial charge in [-0.15, -0.1) is 0 Å². The van der Waals surface area contributed by atoms with Crippen molar-refractivity contribution in [3.8, 4) is 0 Å². The third-order valence-corrected chi connectivity index (χ3v) is 6.01. The van der Waals surface area contributed by atoms with E-state index in [1.165, 1.54) is 0 Å². The first-order valence-electron chi connectivity index (χ1n) is 8.26. The minimum atomic E-state index is -4.28. The molecule has 1 heterocycles. The summed E-state index contributed by atoms with van der Waals surface area (Å²) in [6, 6.07) is 13.2. The second-order valence-corrected chi connectivity index (χ2v) is 8.04. The minimum absolute atomic E-state index is 0.0134. The Bertz CT molecular complexity index is 1040. The third-order valence-electron chi connectivity index (χ3n) is 4.20. The van der Waals surface area contributed by atoms with Crippen molar-refractivity contribution in [3.63, 3.8) is 0 Å². The molecule has 4 nitrogen and oxygen atoms in total. The number of halogens is 2. The zero-order valence-electron chi connectivity index (χ0n) is 14.6. The Labute approximate surface area is 157 Å². The highest BCUT2D eigenvalue weighted by atomic mass is 32.2. The van der Waals surface area contributed by atoms with E-state index in [9.17, 15) is 17.2 Å². The monoisotopic (exact) mass is 388 g/mol. The summed E-state index contributed by atoms with van der Waals surface area (Å²) in [5, 5.41) is 0. The molecular weight excluding hydrogens is 370 g/mol. The molecule has 0 unspecified atom stereocenters. The van der Waals surface area contributed by atoms with Gasteiger partial charge in [0.1, 0.15) is 16.5 Å². The summed E-state index contributed by atoms with van der Waals surface area (Å²) in [7, 11) is -4.28. The Balaban J connectivity index is 2.05. The van der Waals surface area contributed by atoms with Crippen molar-refractivity contribution in [2.24, 2.45) is 0 Å². The average molecular weight is 388 g/mol. The molecule has 0 amide bonds. The molecular formula is C20H18F2N2O2S. The predicted octanol–water partition coefficient (Wildman–Crippen LogP) is 4.06. The average Bonchev–Trinajstić information content (AvgIpc) is 2.65. The molecule has 0 N–H and O–H groups in total. The Morgan fingerprint density at radius 2 is 1.78 bits per heavy atom. The molecule has 0 spiro atoms. The van der Waals surface area contributed by atoms with E-state index in [0.29, 0.717) is 11.6 Å². The number of aromatic nitrogens is 1. The summed E-state index contributed by atoms with van der Waals surface area (Å²) in [6.45, 7) is 1.88. The van der Waals surface area contributed by atoms with Gasteiger partial charge in [0, 0.05) is 25.5 Å². The fourth-order valence-electron chi connectivity index (χ4n) is 2.71. The van der Waals surface area contributed by atoms with Crippen LogP contribution in [0.5, 0.6) is 0 Å². The van der Waals surface area contributed by atoms with Gasteiger partial charge in [-0.1, -0.05) is 30.3 Å². The summed E-state index contributed by atoms with van der Waals surface area (Å²) in [6.07, 6.45) is 3.12. The number of pyridine rings is 1. The van der Waals surface area contributed by atoms with E-state index >= 15 is 0 Å². The molecule has 7 heteroatoms. The van der Waals surface area contributed by atoms with Crippen LogP contribution in [0.15, 0.2) is 71.9 Å². The van der Waals surface area contributed by atoms with Crippen LogP contribution in [0.3, 0.4) is 0 Å². The highest BCUT2D eigenvalue weighted by molar-refractivity contribution is 7.89. The van der Waals surface area contributed by atoms with Gasteiger partial charge in [-0.2, -0.15) is 4.31 Å². The first-order chi connectivity index (χ1) is 12.9. The van der Waals surface area contributed by atoms with E-state index in [-0.39, 0.29) is 13.1 Å². The quantitative estimate of drug-likeness (QED) is 0.640. The lowest BCUT2D eigenvalue weighted by atomic mass is 10.1. The lowest BCUT2D eigenvalue weighted by Gasteiger charge is -2.23. The number of benzene rings is 2. The lowest BCUT2D eigenvalue weighted by molar-refractivity contribution is 0.396. The van der Waals surface area contributed by atoms with Crippen molar-refractivity contribution in [2.45, 2.75) is 24.9 Å². The van der Waals surface area contributed by atoms with Crippen molar-refractivity contribution in [3.05, 3.63) is 95.3 Å². The SMILES string of the molecule is Cc1ccccc1CN(Cc1cccnc1)S(=O)(=O)c1cc(F)ccc1F. The number of hydrogen-bond donors (Lipinski definition) is 0. The predicted molar refractivity (Wildman–Crippen MR) is 98.2 cm³/mol. The summed E-state index contributed by atoms with van der Waals surface area (Å²) in [4.78, 5) is 3.31. The molecule has 0 atom stereocenters. The van der Waals surface area contributed by atoms with Crippen LogP contribution in [0.25, 0.3) is 0 Å². The Morgan fingerprint density at radius 3 is 2.48 bits per heavy atom. The molecule has 0 aliphatic heterocycles. The molecule has 0 saturated heterocycles. The summed E-state index contributed by atoms with van der Waals surface area (Å²) < 4.78 is 55.2. The zero-order chi connectivity index (χ0) is 19.4. The van der Waals surface area contributed by atoms with E-state index in [1.54, 1.807) is 30.6 Å². The molecule has 0 radical (unpaired) electrons. The zero-order valence-corrected chi connectivity index (χ0v) is 15.5. The van der Waals surface area contributed by atoms with Crippen LogP contribution < -0.4 is 0 Å².